The zero-order valence-corrected chi connectivity index (χ0v) is 14.5. The van der Waals surface area contributed by atoms with Crippen LogP contribution >= 0.6 is 0 Å². The summed E-state index contributed by atoms with van der Waals surface area (Å²) >= 11 is 0. The molecule has 0 fully saturated rings. The number of carbonyl (C=O) groups is 2. The zero-order chi connectivity index (χ0) is 17.7. The third-order valence-corrected chi connectivity index (χ3v) is 4.01. The van der Waals surface area contributed by atoms with Gasteiger partial charge in [0.25, 0.3) is 5.91 Å². The van der Waals surface area contributed by atoms with Crippen molar-refractivity contribution in [1.29, 1.82) is 0 Å². The lowest BCUT2D eigenvalue weighted by Crippen LogP contribution is -2.36. The van der Waals surface area contributed by atoms with Crippen molar-refractivity contribution in [3.05, 3.63) is 29.5 Å². The van der Waals surface area contributed by atoms with E-state index in [1.807, 2.05) is 13.8 Å². The van der Waals surface area contributed by atoms with Crippen LogP contribution in [-0.2, 0) is 9.53 Å². The number of hydrogen-bond acceptors (Lipinski definition) is 5. The van der Waals surface area contributed by atoms with Crippen LogP contribution in [0.1, 0.15) is 42.8 Å². The molecule has 2 rings (SSSR count). The van der Waals surface area contributed by atoms with Gasteiger partial charge in [0.15, 0.2) is 6.61 Å². The number of ether oxygens (including phenoxy) is 2. The van der Waals surface area contributed by atoms with Gasteiger partial charge < -0.3 is 19.2 Å². The Hall–Kier alpha value is -2.50. The van der Waals surface area contributed by atoms with Gasteiger partial charge in [0.1, 0.15) is 11.3 Å². The van der Waals surface area contributed by atoms with Gasteiger partial charge in [-0.25, -0.2) is 4.79 Å². The molecule has 0 aliphatic carbocycles. The molecule has 0 aliphatic heterocycles. The molecule has 0 radical (unpaired) electrons. The van der Waals surface area contributed by atoms with E-state index in [0.29, 0.717) is 16.9 Å². The van der Waals surface area contributed by atoms with Gasteiger partial charge in [0.2, 0.25) is 5.76 Å². The molecule has 1 amide bonds. The lowest BCUT2D eigenvalue weighted by Gasteiger charge is -2.14. The number of hydrogen-bond donors (Lipinski definition) is 1. The molecule has 6 nitrogen and oxygen atoms in total. The predicted molar refractivity (Wildman–Crippen MR) is 90.3 cm³/mol. The quantitative estimate of drug-likeness (QED) is 0.787. The van der Waals surface area contributed by atoms with Crippen LogP contribution in [0.3, 0.4) is 0 Å². The lowest BCUT2D eigenvalue weighted by atomic mass is 10.1. The van der Waals surface area contributed by atoms with Gasteiger partial charge in [-0.15, -0.1) is 0 Å². The first-order chi connectivity index (χ1) is 11.5. The highest BCUT2D eigenvalue weighted by atomic mass is 16.5. The molecule has 2 aromatic rings. The SMILES string of the molecule is CCC(CC)NC(=O)COC(=O)c1oc2ccc(OC)cc2c1C. The van der Waals surface area contributed by atoms with Gasteiger partial charge in [-0.3, -0.25) is 4.79 Å². The van der Waals surface area contributed by atoms with Crippen LogP contribution in [0.4, 0.5) is 0 Å². The summed E-state index contributed by atoms with van der Waals surface area (Å²) in [7, 11) is 1.57. The third kappa shape index (κ3) is 3.88. The maximum absolute atomic E-state index is 12.2. The number of furan rings is 1. The minimum Gasteiger partial charge on any atom is -0.497 e. The molecule has 1 heterocycles. The van der Waals surface area contributed by atoms with E-state index >= 15 is 0 Å². The normalized spacial score (nSPS) is 10.9. The molecule has 6 heteroatoms. The number of fused-ring (bicyclic) bond motifs is 1. The number of nitrogens with one attached hydrogen (secondary N) is 1. The van der Waals surface area contributed by atoms with E-state index in [2.05, 4.69) is 5.32 Å². The van der Waals surface area contributed by atoms with Crippen LogP contribution in [0.25, 0.3) is 11.0 Å². The molecule has 130 valence electrons. The summed E-state index contributed by atoms with van der Waals surface area (Å²) in [5.41, 5.74) is 1.23. The number of methoxy groups -OCH3 is 1. The van der Waals surface area contributed by atoms with Crippen LogP contribution in [0.15, 0.2) is 22.6 Å². The molecular weight excluding hydrogens is 310 g/mol. The molecule has 0 aliphatic rings. The average molecular weight is 333 g/mol. The van der Waals surface area contributed by atoms with Crippen LogP contribution in [0.2, 0.25) is 0 Å². The largest absolute Gasteiger partial charge is 0.497 e. The summed E-state index contributed by atoms with van der Waals surface area (Å²) in [5.74, 6) is -0.181. The topological polar surface area (TPSA) is 77.8 Å². The molecular formula is C18H23NO5. The summed E-state index contributed by atoms with van der Waals surface area (Å²) in [5, 5.41) is 3.60. The van der Waals surface area contributed by atoms with Crippen LogP contribution in [0, 0.1) is 6.92 Å². The summed E-state index contributed by atoms with van der Waals surface area (Å²) in [6.07, 6.45) is 1.67. The number of carbonyl (C=O) groups excluding carboxylic acids is 2. The monoisotopic (exact) mass is 333 g/mol. The van der Waals surface area contributed by atoms with Crippen LogP contribution in [-0.4, -0.2) is 31.6 Å². The number of esters is 1. The minimum atomic E-state index is -0.651. The fraction of sp³-hybridized carbons (Fsp3) is 0.444. The van der Waals surface area contributed by atoms with Crippen molar-refractivity contribution in [2.24, 2.45) is 0 Å². The molecule has 1 aromatic carbocycles. The molecule has 24 heavy (non-hydrogen) atoms. The average Bonchev–Trinajstić information content (AvgIpc) is 2.93. The first-order valence-electron chi connectivity index (χ1n) is 8.03. The van der Waals surface area contributed by atoms with Gasteiger partial charge in [-0.1, -0.05) is 13.8 Å². The maximum Gasteiger partial charge on any atom is 0.375 e. The number of aryl methyl sites for hydroxylation is 1. The van der Waals surface area contributed by atoms with E-state index in [-0.39, 0.29) is 24.3 Å². The molecule has 1 aromatic heterocycles. The van der Waals surface area contributed by atoms with Crippen molar-refractivity contribution in [2.75, 3.05) is 13.7 Å². The number of benzene rings is 1. The molecule has 0 saturated heterocycles. The highest BCUT2D eigenvalue weighted by Crippen LogP contribution is 2.29. The maximum atomic E-state index is 12.2. The second-order valence-electron chi connectivity index (χ2n) is 5.58. The Morgan fingerprint density at radius 3 is 2.58 bits per heavy atom. The van der Waals surface area contributed by atoms with E-state index in [9.17, 15) is 9.59 Å². The summed E-state index contributed by atoms with van der Waals surface area (Å²) < 4.78 is 15.8. The highest BCUT2D eigenvalue weighted by molar-refractivity contribution is 5.97. The second kappa shape index (κ2) is 7.86. The second-order valence-corrected chi connectivity index (χ2v) is 5.58. The van der Waals surface area contributed by atoms with Crippen molar-refractivity contribution < 1.29 is 23.5 Å². The highest BCUT2D eigenvalue weighted by Gasteiger charge is 2.20. The zero-order valence-electron chi connectivity index (χ0n) is 14.5. The van der Waals surface area contributed by atoms with Crippen molar-refractivity contribution in [1.82, 2.24) is 5.32 Å². The molecule has 1 N–H and O–H groups in total. The minimum absolute atomic E-state index is 0.0941. The Balaban J connectivity index is 2.06. The smallest absolute Gasteiger partial charge is 0.375 e. The van der Waals surface area contributed by atoms with Crippen molar-refractivity contribution in [2.45, 2.75) is 39.7 Å². The Labute approximate surface area is 141 Å². The summed E-state index contributed by atoms with van der Waals surface area (Å²) in [4.78, 5) is 24.0. The summed E-state index contributed by atoms with van der Waals surface area (Å²) in [6.45, 7) is 5.43. The first kappa shape index (κ1) is 17.8. The Morgan fingerprint density at radius 1 is 1.25 bits per heavy atom. The van der Waals surface area contributed by atoms with Crippen LogP contribution < -0.4 is 10.1 Å². The van der Waals surface area contributed by atoms with E-state index in [0.717, 1.165) is 18.2 Å². The van der Waals surface area contributed by atoms with Gasteiger partial charge >= 0.3 is 5.97 Å². The Morgan fingerprint density at radius 2 is 1.96 bits per heavy atom. The number of rotatable bonds is 7. The van der Waals surface area contributed by atoms with Gasteiger partial charge in [0, 0.05) is 17.0 Å². The fourth-order valence-electron chi connectivity index (χ4n) is 2.48. The van der Waals surface area contributed by atoms with Crippen molar-refractivity contribution >= 4 is 22.8 Å². The van der Waals surface area contributed by atoms with Crippen molar-refractivity contribution in [3.8, 4) is 5.75 Å². The van der Waals surface area contributed by atoms with E-state index in [4.69, 9.17) is 13.9 Å². The van der Waals surface area contributed by atoms with Gasteiger partial charge in [0.05, 0.1) is 7.11 Å². The molecule has 0 bridgehead atoms. The fourth-order valence-corrected chi connectivity index (χ4v) is 2.48. The molecule has 0 unspecified atom stereocenters. The predicted octanol–water partition coefficient (Wildman–Crippen LogP) is 3.21. The molecule has 0 atom stereocenters. The van der Waals surface area contributed by atoms with Crippen molar-refractivity contribution in [3.63, 3.8) is 0 Å². The van der Waals surface area contributed by atoms with Crippen LogP contribution in [0.5, 0.6) is 5.75 Å². The standard InChI is InChI=1S/C18H23NO5/c1-5-12(6-2)19-16(20)10-23-18(21)17-11(3)14-9-13(22-4)7-8-15(14)24-17/h7-9,12H,5-6,10H2,1-4H3,(H,19,20). The Kier molecular flexibility index (Phi) is 5.84. The number of amides is 1. The van der Waals surface area contributed by atoms with E-state index in [1.165, 1.54) is 0 Å². The first-order valence-corrected chi connectivity index (χ1v) is 8.03. The Bertz CT molecular complexity index is 730. The lowest BCUT2D eigenvalue weighted by molar-refractivity contribution is -0.125. The molecule has 0 saturated carbocycles. The summed E-state index contributed by atoms with van der Waals surface area (Å²) in [6, 6.07) is 5.38. The van der Waals surface area contributed by atoms with E-state index < -0.39 is 5.97 Å². The van der Waals surface area contributed by atoms with Gasteiger partial charge in [-0.2, -0.15) is 0 Å². The van der Waals surface area contributed by atoms with Gasteiger partial charge in [-0.05, 0) is 38.0 Å². The third-order valence-electron chi connectivity index (χ3n) is 4.01. The van der Waals surface area contributed by atoms with E-state index in [1.54, 1.807) is 32.2 Å². The molecule has 0 spiro atoms.